The van der Waals surface area contributed by atoms with E-state index in [9.17, 15) is 17.2 Å². The SMILES string of the molecule is O=S(=O)(c1ccc(F)cc1)N1C=Cc2[nH]ncc2C1c1cccc(F)c1Br. The zero-order chi connectivity index (χ0) is 19.2. The van der Waals surface area contributed by atoms with Crippen LogP contribution in [0.1, 0.15) is 22.9 Å². The first-order valence-electron chi connectivity index (χ1n) is 7.84. The van der Waals surface area contributed by atoms with Gasteiger partial charge in [-0.15, -0.1) is 0 Å². The summed E-state index contributed by atoms with van der Waals surface area (Å²) in [6, 6.07) is 8.14. The van der Waals surface area contributed by atoms with Gasteiger partial charge < -0.3 is 0 Å². The predicted octanol–water partition coefficient (Wildman–Crippen LogP) is 4.22. The number of aromatic amines is 1. The van der Waals surface area contributed by atoms with Crippen molar-refractivity contribution in [1.82, 2.24) is 14.5 Å². The fraction of sp³-hybridized carbons (Fsp3) is 0.0556. The summed E-state index contributed by atoms with van der Waals surface area (Å²) in [5.74, 6) is -1.05. The molecule has 5 nitrogen and oxygen atoms in total. The van der Waals surface area contributed by atoms with E-state index < -0.39 is 27.7 Å². The fourth-order valence-electron chi connectivity index (χ4n) is 3.01. The van der Waals surface area contributed by atoms with Gasteiger partial charge in [-0.3, -0.25) is 9.40 Å². The normalized spacial score (nSPS) is 16.4. The number of rotatable bonds is 3. The summed E-state index contributed by atoms with van der Waals surface area (Å²) in [6.45, 7) is 0. The van der Waals surface area contributed by atoms with E-state index in [0.717, 1.165) is 16.4 Å². The number of sulfonamides is 1. The van der Waals surface area contributed by atoms with E-state index in [1.807, 2.05) is 0 Å². The van der Waals surface area contributed by atoms with Gasteiger partial charge in [0.25, 0.3) is 10.0 Å². The molecule has 0 aliphatic carbocycles. The van der Waals surface area contributed by atoms with Gasteiger partial charge in [-0.25, -0.2) is 17.2 Å². The van der Waals surface area contributed by atoms with Gasteiger partial charge in [0.1, 0.15) is 11.6 Å². The highest BCUT2D eigenvalue weighted by atomic mass is 79.9. The minimum Gasteiger partial charge on any atom is -0.278 e. The first kappa shape index (κ1) is 17.9. The number of nitrogens with zero attached hydrogens (tertiary/aromatic N) is 2. The van der Waals surface area contributed by atoms with Crippen molar-refractivity contribution in [2.24, 2.45) is 0 Å². The molecular formula is C18H12BrF2N3O2S. The van der Waals surface area contributed by atoms with Crippen molar-refractivity contribution < 1.29 is 17.2 Å². The van der Waals surface area contributed by atoms with E-state index in [1.165, 1.54) is 36.7 Å². The monoisotopic (exact) mass is 451 g/mol. The lowest BCUT2D eigenvalue weighted by atomic mass is 9.97. The molecule has 1 unspecified atom stereocenters. The average Bonchev–Trinajstić information content (AvgIpc) is 3.12. The number of H-pyrrole nitrogens is 1. The highest BCUT2D eigenvalue weighted by molar-refractivity contribution is 9.10. The van der Waals surface area contributed by atoms with Crippen molar-refractivity contribution in [2.45, 2.75) is 10.9 Å². The van der Waals surface area contributed by atoms with Gasteiger partial charge >= 0.3 is 0 Å². The number of benzene rings is 2. The summed E-state index contributed by atoms with van der Waals surface area (Å²) in [7, 11) is -4.03. The van der Waals surface area contributed by atoms with Gasteiger partial charge in [-0.2, -0.15) is 5.10 Å². The second kappa shape index (κ2) is 6.58. The molecule has 1 atom stereocenters. The summed E-state index contributed by atoms with van der Waals surface area (Å²) >= 11 is 3.22. The Morgan fingerprint density at radius 3 is 2.56 bits per heavy atom. The molecule has 138 valence electrons. The number of nitrogens with one attached hydrogen (secondary N) is 1. The van der Waals surface area contributed by atoms with E-state index >= 15 is 0 Å². The molecule has 0 saturated heterocycles. The summed E-state index contributed by atoms with van der Waals surface area (Å²) in [6.07, 6.45) is 4.47. The first-order valence-corrected chi connectivity index (χ1v) is 10.1. The zero-order valence-corrected chi connectivity index (χ0v) is 16.0. The van der Waals surface area contributed by atoms with Gasteiger partial charge in [-0.05, 0) is 57.9 Å². The predicted molar refractivity (Wildman–Crippen MR) is 99.0 cm³/mol. The Labute approximate surface area is 162 Å². The maximum absolute atomic E-state index is 14.1. The summed E-state index contributed by atoms with van der Waals surface area (Å²) in [4.78, 5) is -0.0713. The molecule has 1 N–H and O–H groups in total. The molecule has 0 spiro atoms. The van der Waals surface area contributed by atoms with Crippen molar-refractivity contribution in [3.63, 3.8) is 0 Å². The molecule has 27 heavy (non-hydrogen) atoms. The van der Waals surface area contributed by atoms with Gasteiger partial charge in [0.05, 0.1) is 27.3 Å². The Morgan fingerprint density at radius 1 is 1.07 bits per heavy atom. The van der Waals surface area contributed by atoms with Crippen LogP contribution >= 0.6 is 15.9 Å². The number of fused-ring (bicyclic) bond motifs is 1. The second-order valence-electron chi connectivity index (χ2n) is 5.89. The Kier molecular flexibility index (Phi) is 4.35. The molecule has 1 aromatic heterocycles. The van der Waals surface area contributed by atoms with Crippen molar-refractivity contribution in [3.05, 3.63) is 87.8 Å². The maximum atomic E-state index is 14.1. The number of hydrogen-bond donors (Lipinski definition) is 1. The quantitative estimate of drug-likeness (QED) is 0.648. The minimum atomic E-state index is -4.03. The van der Waals surface area contributed by atoms with Crippen molar-refractivity contribution >= 4 is 32.0 Å². The third-order valence-corrected chi connectivity index (χ3v) is 6.89. The van der Waals surface area contributed by atoms with Crippen molar-refractivity contribution in [3.8, 4) is 0 Å². The molecule has 2 heterocycles. The van der Waals surface area contributed by atoms with Crippen LogP contribution in [0.5, 0.6) is 0 Å². The molecule has 0 saturated carbocycles. The molecule has 1 aliphatic rings. The van der Waals surface area contributed by atoms with Gasteiger partial charge in [-0.1, -0.05) is 12.1 Å². The maximum Gasteiger partial charge on any atom is 0.264 e. The van der Waals surface area contributed by atoms with E-state index in [4.69, 9.17) is 0 Å². The minimum absolute atomic E-state index is 0.0713. The van der Waals surface area contributed by atoms with Gasteiger partial charge in [0.2, 0.25) is 0 Å². The summed E-state index contributed by atoms with van der Waals surface area (Å²) < 4.78 is 55.1. The number of halogens is 3. The zero-order valence-electron chi connectivity index (χ0n) is 13.6. The lowest BCUT2D eigenvalue weighted by Crippen LogP contribution is -2.33. The summed E-state index contributed by atoms with van der Waals surface area (Å²) in [5, 5.41) is 6.77. The van der Waals surface area contributed by atoms with Crippen LogP contribution in [-0.2, 0) is 10.0 Å². The lowest BCUT2D eigenvalue weighted by molar-refractivity contribution is 0.444. The van der Waals surface area contributed by atoms with Crippen LogP contribution in [0.15, 0.2) is 64.2 Å². The van der Waals surface area contributed by atoms with Crippen LogP contribution < -0.4 is 0 Å². The van der Waals surface area contributed by atoms with E-state index in [2.05, 4.69) is 26.1 Å². The molecule has 3 aromatic rings. The summed E-state index contributed by atoms with van der Waals surface area (Å²) in [5.41, 5.74) is 1.63. The van der Waals surface area contributed by atoms with Gasteiger partial charge in [0.15, 0.2) is 0 Å². The van der Waals surface area contributed by atoms with Crippen LogP contribution in [0.3, 0.4) is 0 Å². The van der Waals surface area contributed by atoms with E-state index in [0.29, 0.717) is 16.8 Å². The Balaban J connectivity index is 1.91. The Bertz CT molecular complexity index is 1140. The smallest absolute Gasteiger partial charge is 0.264 e. The second-order valence-corrected chi connectivity index (χ2v) is 8.53. The van der Waals surface area contributed by atoms with Crippen LogP contribution in [-0.4, -0.2) is 22.9 Å². The highest BCUT2D eigenvalue weighted by Gasteiger charge is 2.36. The number of hydrogen-bond acceptors (Lipinski definition) is 3. The largest absolute Gasteiger partial charge is 0.278 e. The topological polar surface area (TPSA) is 66.1 Å². The van der Waals surface area contributed by atoms with Crippen molar-refractivity contribution in [2.75, 3.05) is 0 Å². The highest BCUT2D eigenvalue weighted by Crippen LogP contribution is 2.41. The number of aromatic nitrogens is 2. The molecule has 0 bridgehead atoms. The molecule has 4 rings (SSSR count). The van der Waals surface area contributed by atoms with Gasteiger partial charge in [0, 0.05) is 11.8 Å². The molecule has 0 fully saturated rings. The third-order valence-electron chi connectivity index (χ3n) is 4.30. The molecule has 1 aliphatic heterocycles. The molecule has 0 amide bonds. The van der Waals surface area contributed by atoms with E-state index in [-0.39, 0.29) is 9.37 Å². The Morgan fingerprint density at radius 2 is 1.81 bits per heavy atom. The Hall–Kier alpha value is -2.52. The molecule has 9 heteroatoms. The first-order chi connectivity index (χ1) is 12.9. The van der Waals surface area contributed by atoms with Crippen LogP contribution in [0.2, 0.25) is 0 Å². The van der Waals surface area contributed by atoms with Crippen LogP contribution in [0.4, 0.5) is 8.78 Å². The van der Waals surface area contributed by atoms with E-state index in [1.54, 1.807) is 12.1 Å². The molecular weight excluding hydrogens is 440 g/mol. The van der Waals surface area contributed by atoms with Crippen LogP contribution in [0, 0.1) is 11.6 Å². The van der Waals surface area contributed by atoms with Crippen LogP contribution in [0.25, 0.3) is 6.08 Å². The molecule has 0 radical (unpaired) electrons. The third kappa shape index (κ3) is 2.96. The molecule has 2 aromatic carbocycles. The fourth-order valence-corrected chi connectivity index (χ4v) is 4.94. The average molecular weight is 452 g/mol. The standard InChI is InChI=1S/C18H12BrF2N3O2S/c19-17-13(2-1-3-15(17)21)18-14-10-22-23-16(14)8-9-24(18)27(25,26)12-6-4-11(20)5-7-12/h1-10,18H,(H,22,23). The van der Waals surface area contributed by atoms with Crippen molar-refractivity contribution in [1.29, 1.82) is 0 Å². The lowest BCUT2D eigenvalue weighted by Gasteiger charge is -2.33.